The summed E-state index contributed by atoms with van der Waals surface area (Å²) >= 11 is 0. The van der Waals surface area contributed by atoms with Crippen molar-refractivity contribution in [3.8, 4) is 0 Å². The molecular weight excluding hydrogens is 400 g/mol. The summed E-state index contributed by atoms with van der Waals surface area (Å²) in [7, 11) is -3.02. The van der Waals surface area contributed by atoms with E-state index in [9.17, 15) is 13.2 Å². The molecule has 1 heterocycles. The molecule has 1 atom stereocenters. The van der Waals surface area contributed by atoms with Gasteiger partial charge in [0.05, 0.1) is 18.1 Å². The van der Waals surface area contributed by atoms with Crippen molar-refractivity contribution in [2.24, 2.45) is 5.92 Å². The molecular formula is C23H28N2O4S. The molecule has 0 radical (unpaired) electrons. The van der Waals surface area contributed by atoms with Crippen molar-refractivity contribution in [3.05, 3.63) is 65.7 Å². The molecule has 1 aliphatic heterocycles. The van der Waals surface area contributed by atoms with Gasteiger partial charge in [-0.2, -0.15) is 0 Å². The van der Waals surface area contributed by atoms with Crippen LogP contribution < -0.4 is 5.32 Å². The first-order valence-corrected chi connectivity index (χ1v) is 12.3. The molecule has 4 rings (SSSR count). The van der Waals surface area contributed by atoms with E-state index < -0.39 is 15.9 Å². The van der Waals surface area contributed by atoms with Gasteiger partial charge in [0.25, 0.3) is 0 Å². The molecule has 2 aromatic rings. The SMILES string of the molecule is O=C(Nc1cccc(COCC2CC2)c1)C(c1ccccc1)N1CCS(=O)(=O)CC1. The number of carbonyl (C=O) groups excluding carboxylic acids is 1. The van der Waals surface area contributed by atoms with Crippen molar-refractivity contribution >= 4 is 21.4 Å². The summed E-state index contributed by atoms with van der Waals surface area (Å²) in [5, 5.41) is 3.02. The van der Waals surface area contributed by atoms with E-state index in [2.05, 4.69) is 5.32 Å². The first kappa shape index (κ1) is 21.0. The second-order valence-electron chi connectivity index (χ2n) is 8.15. The Hall–Kier alpha value is -2.22. The lowest BCUT2D eigenvalue weighted by atomic mass is 10.0. The molecule has 0 aromatic heterocycles. The van der Waals surface area contributed by atoms with Crippen LogP contribution in [0.4, 0.5) is 5.69 Å². The van der Waals surface area contributed by atoms with Crippen molar-refractivity contribution in [3.63, 3.8) is 0 Å². The first-order chi connectivity index (χ1) is 14.5. The van der Waals surface area contributed by atoms with Gasteiger partial charge in [-0.1, -0.05) is 42.5 Å². The van der Waals surface area contributed by atoms with Crippen LogP contribution in [0.25, 0.3) is 0 Å². The third kappa shape index (κ3) is 5.68. The number of carbonyl (C=O) groups is 1. The summed E-state index contributed by atoms with van der Waals surface area (Å²) in [6.45, 7) is 2.03. The van der Waals surface area contributed by atoms with Crippen molar-refractivity contribution < 1.29 is 17.9 Å². The smallest absolute Gasteiger partial charge is 0.246 e. The number of rotatable bonds is 8. The van der Waals surface area contributed by atoms with Gasteiger partial charge in [0, 0.05) is 25.4 Å². The highest BCUT2D eigenvalue weighted by atomic mass is 32.2. The van der Waals surface area contributed by atoms with E-state index in [0.717, 1.165) is 23.4 Å². The Morgan fingerprint density at radius 2 is 1.80 bits per heavy atom. The van der Waals surface area contributed by atoms with Crippen LogP contribution in [0.2, 0.25) is 0 Å². The number of anilines is 1. The fraction of sp³-hybridized carbons (Fsp3) is 0.435. The van der Waals surface area contributed by atoms with Crippen molar-refractivity contribution in [2.75, 3.05) is 36.5 Å². The topological polar surface area (TPSA) is 75.7 Å². The average Bonchev–Trinajstić information content (AvgIpc) is 3.55. The predicted molar refractivity (Wildman–Crippen MR) is 117 cm³/mol. The molecule has 2 aromatic carbocycles. The van der Waals surface area contributed by atoms with E-state index in [1.807, 2.05) is 59.5 Å². The van der Waals surface area contributed by atoms with Gasteiger partial charge in [-0.15, -0.1) is 0 Å². The molecule has 1 saturated carbocycles. The van der Waals surface area contributed by atoms with Gasteiger partial charge in [0.1, 0.15) is 6.04 Å². The Balaban J connectivity index is 1.46. The number of hydrogen-bond donors (Lipinski definition) is 1. The van der Waals surface area contributed by atoms with E-state index in [0.29, 0.717) is 25.6 Å². The third-order valence-corrected chi connectivity index (χ3v) is 7.23. The molecule has 2 fully saturated rings. The molecule has 2 aliphatic rings. The minimum absolute atomic E-state index is 0.0808. The van der Waals surface area contributed by atoms with E-state index in [1.54, 1.807) is 0 Å². The van der Waals surface area contributed by atoms with Crippen molar-refractivity contribution in [1.29, 1.82) is 0 Å². The molecule has 1 N–H and O–H groups in total. The zero-order chi connectivity index (χ0) is 21.0. The maximum absolute atomic E-state index is 13.3. The van der Waals surface area contributed by atoms with E-state index in [-0.39, 0.29) is 17.4 Å². The Morgan fingerprint density at radius 3 is 2.50 bits per heavy atom. The van der Waals surface area contributed by atoms with Gasteiger partial charge in [0.2, 0.25) is 5.91 Å². The molecule has 0 spiro atoms. The minimum Gasteiger partial charge on any atom is -0.376 e. The van der Waals surface area contributed by atoms with Crippen LogP contribution in [0.3, 0.4) is 0 Å². The van der Waals surface area contributed by atoms with Crippen molar-refractivity contribution in [2.45, 2.75) is 25.5 Å². The van der Waals surface area contributed by atoms with Crippen LogP contribution >= 0.6 is 0 Å². The molecule has 30 heavy (non-hydrogen) atoms. The fourth-order valence-corrected chi connectivity index (χ4v) is 4.96. The molecule has 7 heteroatoms. The van der Waals surface area contributed by atoms with Gasteiger partial charge in [-0.25, -0.2) is 8.42 Å². The molecule has 1 saturated heterocycles. The normalized spacial score (nSPS) is 19.9. The fourth-order valence-electron chi connectivity index (χ4n) is 3.73. The number of benzene rings is 2. The van der Waals surface area contributed by atoms with E-state index in [4.69, 9.17) is 4.74 Å². The molecule has 1 aliphatic carbocycles. The second kappa shape index (κ2) is 9.29. The number of hydrogen-bond acceptors (Lipinski definition) is 5. The number of nitrogens with one attached hydrogen (secondary N) is 1. The van der Waals surface area contributed by atoms with Gasteiger partial charge >= 0.3 is 0 Å². The molecule has 1 unspecified atom stereocenters. The first-order valence-electron chi connectivity index (χ1n) is 10.5. The average molecular weight is 429 g/mol. The van der Waals surface area contributed by atoms with Gasteiger partial charge < -0.3 is 10.1 Å². The lowest BCUT2D eigenvalue weighted by Gasteiger charge is -2.33. The molecule has 1 amide bonds. The minimum atomic E-state index is -3.02. The largest absolute Gasteiger partial charge is 0.376 e. The van der Waals surface area contributed by atoms with Gasteiger partial charge in [0.15, 0.2) is 9.84 Å². The zero-order valence-electron chi connectivity index (χ0n) is 17.0. The number of nitrogens with zero attached hydrogens (tertiary/aromatic N) is 1. The lowest BCUT2D eigenvalue weighted by Crippen LogP contribution is -2.46. The second-order valence-corrected chi connectivity index (χ2v) is 10.5. The third-order valence-electron chi connectivity index (χ3n) is 5.62. The quantitative estimate of drug-likeness (QED) is 0.700. The summed E-state index contributed by atoms with van der Waals surface area (Å²) in [6, 6.07) is 16.7. The Bertz CT molecular complexity index is 960. The highest BCUT2D eigenvalue weighted by molar-refractivity contribution is 7.91. The maximum Gasteiger partial charge on any atom is 0.246 e. The van der Waals surface area contributed by atoms with E-state index >= 15 is 0 Å². The van der Waals surface area contributed by atoms with Crippen LogP contribution in [-0.2, 0) is 26.0 Å². The summed E-state index contributed by atoms with van der Waals surface area (Å²) in [5.74, 6) is 0.721. The molecule has 0 bridgehead atoms. The predicted octanol–water partition coefficient (Wildman–Crippen LogP) is 3.02. The standard InChI is InChI=1S/C23H28N2O4S/c26-23(24-21-8-4-5-19(15-21)17-29-16-18-9-10-18)22(20-6-2-1-3-7-20)25-11-13-30(27,28)14-12-25/h1-8,15,18,22H,9-14,16-17H2,(H,24,26). The Kier molecular flexibility index (Phi) is 6.51. The monoisotopic (exact) mass is 428 g/mol. The van der Waals surface area contributed by atoms with Crippen LogP contribution in [-0.4, -0.2) is 50.4 Å². The zero-order valence-corrected chi connectivity index (χ0v) is 17.8. The lowest BCUT2D eigenvalue weighted by molar-refractivity contribution is -0.121. The van der Waals surface area contributed by atoms with Gasteiger partial charge in [-0.05, 0) is 42.0 Å². The highest BCUT2D eigenvalue weighted by Crippen LogP contribution is 2.29. The number of amides is 1. The molecule has 6 nitrogen and oxygen atoms in total. The summed E-state index contributed by atoms with van der Waals surface area (Å²) < 4.78 is 29.5. The van der Waals surface area contributed by atoms with Crippen molar-refractivity contribution in [1.82, 2.24) is 4.90 Å². The summed E-state index contributed by atoms with van der Waals surface area (Å²) in [5.41, 5.74) is 2.60. The summed E-state index contributed by atoms with van der Waals surface area (Å²) in [6.07, 6.45) is 2.52. The van der Waals surface area contributed by atoms with Crippen LogP contribution in [0, 0.1) is 5.92 Å². The maximum atomic E-state index is 13.3. The molecule has 160 valence electrons. The Labute approximate surface area is 178 Å². The van der Waals surface area contributed by atoms with Crippen LogP contribution in [0.5, 0.6) is 0 Å². The highest BCUT2D eigenvalue weighted by Gasteiger charge is 2.32. The number of sulfone groups is 1. The Morgan fingerprint density at radius 1 is 1.07 bits per heavy atom. The van der Waals surface area contributed by atoms with Crippen LogP contribution in [0.1, 0.15) is 30.0 Å². The van der Waals surface area contributed by atoms with Crippen LogP contribution in [0.15, 0.2) is 54.6 Å². The van der Waals surface area contributed by atoms with Gasteiger partial charge in [-0.3, -0.25) is 9.69 Å². The summed E-state index contributed by atoms with van der Waals surface area (Å²) in [4.78, 5) is 15.2. The number of ether oxygens (including phenoxy) is 1. The van der Waals surface area contributed by atoms with E-state index in [1.165, 1.54) is 12.8 Å².